The molecule has 1 aliphatic heterocycles. The molecule has 36 heavy (non-hydrogen) atoms. The van der Waals surface area contributed by atoms with Crippen molar-refractivity contribution in [1.82, 2.24) is 19.7 Å². The Labute approximate surface area is 215 Å². The minimum atomic E-state index is -0.947. The zero-order valence-corrected chi connectivity index (χ0v) is 22.5. The Balaban J connectivity index is 1.40. The van der Waals surface area contributed by atoms with E-state index in [0.717, 1.165) is 49.1 Å². The van der Waals surface area contributed by atoms with Crippen LogP contribution in [-0.4, -0.2) is 63.9 Å². The summed E-state index contributed by atoms with van der Waals surface area (Å²) < 4.78 is 7.86. The molecule has 0 radical (unpaired) electrons. The molecule has 0 spiro atoms. The lowest BCUT2D eigenvalue weighted by molar-refractivity contribution is -0.133. The van der Waals surface area contributed by atoms with Crippen LogP contribution in [0.3, 0.4) is 0 Å². The molecule has 0 saturated heterocycles. The lowest BCUT2D eigenvalue weighted by atomic mass is 9.91. The van der Waals surface area contributed by atoms with E-state index >= 15 is 0 Å². The van der Waals surface area contributed by atoms with Crippen LogP contribution in [0.1, 0.15) is 100 Å². The average molecular weight is 497 g/mol. The van der Waals surface area contributed by atoms with Crippen LogP contribution in [0.15, 0.2) is 16.5 Å². The molecule has 5 rings (SSSR count). The van der Waals surface area contributed by atoms with Gasteiger partial charge in [-0.15, -0.1) is 0 Å². The molecule has 7 nitrogen and oxygen atoms in total. The van der Waals surface area contributed by atoms with Crippen molar-refractivity contribution in [2.45, 2.75) is 115 Å². The van der Waals surface area contributed by atoms with Gasteiger partial charge in [-0.05, 0) is 46.6 Å². The van der Waals surface area contributed by atoms with Gasteiger partial charge in [-0.2, -0.15) is 0 Å². The first kappa shape index (κ1) is 25.4. The van der Waals surface area contributed by atoms with Gasteiger partial charge in [-0.1, -0.05) is 51.4 Å². The number of carbonyl (C=O) groups is 2. The van der Waals surface area contributed by atoms with Gasteiger partial charge in [0.25, 0.3) is 5.91 Å². The van der Waals surface area contributed by atoms with Crippen molar-refractivity contribution in [3.8, 4) is 0 Å². The number of furan rings is 1. The summed E-state index contributed by atoms with van der Waals surface area (Å²) in [6.07, 6.45) is 14.5. The number of nitrogens with one attached hydrogen (secondary N) is 1. The Hall–Kier alpha value is -2.28. The molecular formula is C29H44N4O3. The fraction of sp³-hybridized carbons (Fsp3) is 0.724. The summed E-state index contributed by atoms with van der Waals surface area (Å²) in [5.41, 5.74) is 1.30. The Morgan fingerprint density at radius 1 is 1.06 bits per heavy atom. The van der Waals surface area contributed by atoms with Crippen molar-refractivity contribution in [2.75, 3.05) is 20.1 Å². The van der Waals surface area contributed by atoms with E-state index in [4.69, 9.17) is 4.42 Å². The van der Waals surface area contributed by atoms with Gasteiger partial charge < -0.3 is 24.1 Å². The van der Waals surface area contributed by atoms with Gasteiger partial charge in [0.15, 0.2) is 5.58 Å². The van der Waals surface area contributed by atoms with Gasteiger partial charge in [0.1, 0.15) is 17.0 Å². The third kappa shape index (κ3) is 4.96. The van der Waals surface area contributed by atoms with Gasteiger partial charge in [-0.3, -0.25) is 9.59 Å². The topological polar surface area (TPSA) is 70.7 Å². The second-order valence-corrected chi connectivity index (χ2v) is 11.7. The predicted molar refractivity (Wildman–Crippen MR) is 142 cm³/mol. The summed E-state index contributed by atoms with van der Waals surface area (Å²) in [6.45, 7) is 5.66. The third-order valence-corrected chi connectivity index (χ3v) is 9.04. The number of rotatable bonds is 6. The van der Waals surface area contributed by atoms with Crippen LogP contribution in [0, 0.1) is 6.92 Å². The van der Waals surface area contributed by atoms with Crippen LogP contribution in [0.5, 0.6) is 0 Å². The van der Waals surface area contributed by atoms with Crippen LogP contribution in [0.25, 0.3) is 11.1 Å². The van der Waals surface area contributed by atoms with Gasteiger partial charge >= 0.3 is 0 Å². The highest BCUT2D eigenvalue weighted by molar-refractivity contribution is 6.03. The van der Waals surface area contributed by atoms with E-state index < -0.39 is 5.54 Å². The molecule has 2 saturated carbocycles. The quantitative estimate of drug-likeness (QED) is 0.593. The van der Waals surface area contributed by atoms with Crippen molar-refractivity contribution in [3.05, 3.63) is 23.6 Å². The van der Waals surface area contributed by atoms with Crippen LogP contribution >= 0.6 is 0 Å². The Bertz CT molecular complexity index is 1070. The normalized spacial score (nSPS) is 24.7. The standard InChI is InChI=1S/C29H44N4O3/c1-21-18-24-26(36-21)19-25-27(34)33(17-16-31(3)23-14-10-7-11-15-23)29(2,20-32(24)25)28(35)30-22-12-8-5-4-6-9-13-22/h18-19,22-23H,4-17,20H2,1-3H3,(H,30,35). The lowest BCUT2D eigenvalue weighted by Gasteiger charge is -2.45. The monoisotopic (exact) mass is 496 g/mol. The minimum absolute atomic E-state index is 0.0190. The van der Waals surface area contributed by atoms with E-state index in [1.807, 2.05) is 35.4 Å². The van der Waals surface area contributed by atoms with Gasteiger partial charge in [0.05, 0.1) is 12.1 Å². The number of likely N-dealkylation sites (N-methyl/N-ethyl adjacent to an activating group) is 1. The molecule has 0 aromatic carbocycles. The first-order valence-electron chi connectivity index (χ1n) is 14.3. The number of fused-ring (bicyclic) bond motifs is 3. The van der Waals surface area contributed by atoms with Gasteiger partial charge in [0, 0.05) is 37.3 Å². The molecule has 2 aromatic rings. The second kappa shape index (κ2) is 10.6. The van der Waals surface area contributed by atoms with E-state index in [-0.39, 0.29) is 17.9 Å². The fourth-order valence-electron chi connectivity index (χ4n) is 6.71. The van der Waals surface area contributed by atoms with Crippen molar-refractivity contribution in [1.29, 1.82) is 0 Å². The van der Waals surface area contributed by atoms with Crippen LogP contribution in [0.4, 0.5) is 0 Å². The van der Waals surface area contributed by atoms with Gasteiger partial charge in [0.2, 0.25) is 5.91 Å². The first-order valence-corrected chi connectivity index (χ1v) is 14.3. The molecule has 1 unspecified atom stereocenters. The van der Waals surface area contributed by atoms with Crippen molar-refractivity contribution < 1.29 is 14.0 Å². The minimum Gasteiger partial charge on any atom is -0.460 e. The first-order chi connectivity index (χ1) is 17.4. The van der Waals surface area contributed by atoms with E-state index in [0.29, 0.717) is 24.8 Å². The second-order valence-electron chi connectivity index (χ2n) is 11.7. The third-order valence-electron chi connectivity index (χ3n) is 9.04. The molecule has 3 aliphatic rings. The molecule has 7 heteroatoms. The highest BCUT2D eigenvalue weighted by atomic mass is 16.3. The summed E-state index contributed by atoms with van der Waals surface area (Å²) in [7, 11) is 2.18. The summed E-state index contributed by atoms with van der Waals surface area (Å²) in [6, 6.07) is 4.60. The molecule has 2 amide bonds. The fourth-order valence-corrected chi connectivity index (χ4v) is 6.71. The molecule has 2 fully saturated rings. The SMILES string of the molecule is Cc1cc2c(cc3n2CC(C)(C(=O)NC2CCCCCCC2)N(CCN(C)C2CCCCC2)C3=O)o1. The Morgan fingerprint density at radius 2 is 1.69 bits per heavy atom. The molecule has 1 N–H and O–H groups in total. The molecule has 2 aliphatic carbocycles. The van der Waals surface area contributed by atoms with E-state index in [2.05, 4.69) is 17.3 Å². The van der Waals surface area contributed by atoms with Crippen LogP contribution in [-0.2, 0) is 11.3 Å². The number of hydrogen-bond donors (Lipinski definition) is 1. The summed E-state index contributed by atoms with van der Waals surface area (Å²) >= 11 is 0. The Kier molecular flexibility index (Phi) is 7.47. The zero-order valence-electron chi connectivity index (χ0n) is 22.5. The predicted octanol–water partition coefficient (Wildman–Crippen LogP) is 5.25. The molecule has 198 valence electrons. The molecule has 0 bridgehead atoms. The molecule has 2 aromatic heterocycles. The summed E-state index contributed by atoms with van der Waals surface area (Å²) in [5, 5.41) is 3.39. The highest BCUT2D eigenvalue weighted by Crippen LogP contribution is 2.34. The lowest BCUT2D eigenvalue weighted by Crippen LogP contribution is -2.65. The van der Waals surface area contributed by atoms with Crippen molar-refractivity contribution in [2.24, 2.45) is 0 Å². The highest BCUT2D eigenvalue weighted by Gasteiger charge is 2.48. The summed E-state index contributed by atoms with van der Waals surface area (Å²) in [5.74, 6) is 0.729. The largest absolute Gasteiger partial charge is 0.460 e. The molecular weight excluding hydrogens is 452 g/mol. The molecule has 1 atom stereocenters. The maximum absolute atomic E-state index is 14.0. The maximum Gasteiger partial charge on any atom is 0.271 e. The number of hydrogen-bond acceptors (Lipinski definition) is 4. The maximum atomic E-state index is 14.0. The Morgan fingerprint density at radius 3 is 2.42 bits per heavy atom. The van der Waals surface area contributed by atoms with Crippen molar-refractivity contribution in [3.63, 3.8) is 0 Å². The average Bonchev–Trinajstić information content (AvgIpc) is 3.37. The van der Waals surface area contributed by atoms with Crippen LogP contribution < -0.4 is 5.32 Å². The smallest absolute Gasteiger partial charge is 0.271 e. The van der Waals surface area contributed by atoms with Crippen molar-refractivity contribution >= 4 is 22.9 Å². The zero-order chi connectivity index (χ0) is 25.3. The number of aryl methyl sites for hydroxylation is 1. The number of nitrogens with zero attached hydrogens (tertiary/aromatic N) is 3. The van der Waals surface area contributed by atoms with Gasteiger partial charge in [-0.25, -0.2) is 0 Å². The van der Waals surface area contributed by atoms with E-state index in [1.54, 1.807) is 0 Å². The number of carbonyl (C=O) groups excluding carboxylic acids is 2. The van der Waals surface area contributed by atoms with Crippen LogP contribution in [0.2, 0.25) is 0 Å². The number of aromatic nitrogens is 1. The summed E-state index contributed by atoms with van der Waals surface area (Å²) in [4.78, 5) is 32.2. The van der Waals surface area contributed by atoms with E-state index in [1.165, 1.54) is 51.4 Å². The molecule has 3 heterocycles. The number of amides is 2. The van der Waals surface area contributed by atoms with E-state index in [9.17, 15) is 9.59 Å².